The standard InChI is InChI=1S/C32H43FN4O6S/c1-22(38)34-18-32(24-5-3-6-25(33)17-24,28-7-4-8-29(28)35-30(39)43-2)23-13-15-36(16-14-23)19-31(40)20-37(21-31)26-9-11-27(12-10-26)44(41)42/h3,5-6,9-12,17,23,28-29,40,44H,4,7-8,13-16,18-21H2,1-2H3,(H,34,38)(H,35,39)/t28-,29-,32-/m0/s1. The van der Waals surface area contributed by atoms with Gasteiger partial charge in [-0.15, -0.1) is 0 Å². The molecule has 0 bridgehead atoms. The van der Waals surface area contributed by atoms with E-state index in [4.69, 9.17) is 4.74 Å². The van der Waals surface area contributed by atoms with E-state index < -0.39 is 27.8 Å². The summed E-state index contributed by atoms with van der Waals surface area (Å²) < 4.78 is 42.1. The number of carbonyl (C=O) groups excluding carboxylic acids is 2. The van der Waals surface area contributed by atoms with Crippen molar-refractivity contribution in [3.8, 4) is 0 Å². The number of likely N-dealkylation sites (tertiary alicyclic amines) is 1. The Bertz CT molecular complexity index is 1400. The zero-order chi connectivity index (χ0) is 31.5. The molecule has 0 spiro atoms. The van der Waals surface area contributed by atoms with Crippen LogP contribution in [0.5, 0.6) is 0 Å². The molecule has 0 aromatic heterocycles. The van der Waals surface area contributed by atoms with Gasteiger partial charge in [0.2, 0.25) is 5.91 Å². The molecule has 1 saturated carbocycles. The third-order valence-electron chi connectivity index (χ3n) is 9.89. The van der Waals surface area contributed by atoms with Gasteiger partial charge < -0.3 is 30.3 Å². The number of amides is 2. The predicted molar refractivity (Wildman–Crippen MR) is 165 cm³/mol. The average Bonchev–Trinajstić information content (AvgIpc) is 3.45. The maximum absolute atomic E-state index is 14.8. The minimum Gasteiger partial charge on any atom is -0.453 e. The van der Waals surface area contributed by atoms with E-state index in [1.807, 2.05) is 11.0 Å². The molecule has 2 aromatic carbocycles. The lowest BCUT2D eigenvalue weighted by Gasteiger charge is -2.53. The lowest BCUT2D eigenvalue weighted by atomic mass is 9.58. The van der Waals surface area contributed by atoms with E-state index in [9.17, 15) is 27.5 Å². The normalized spacial score (nSPS) is 23.5. The fourth-order valence-corrected chi connectivity index (χ4v) is 8.29. The van der Waals surface area contributed by atoms with Gasteiger partial charge in [0.1, 0.15) is 11.4 Å². The first-order valence-electron chi connectivity index (χ1n) is 15.3. The Morgan fingerprint density at radius 2 is 1.80 bits per heavy atom. The number of nitrogens with one attached hydrogen (secondary N) is 2. The topological polar surface area (TPSA) is 128 Å². The van der Waals surface area contributed by atoms with Crippen LogP contribution in [0.15, 0.2) is 53.4 Å². The second kappa shape index (κ2) is 13.4. The number of rotatable bonds is 10. The summed E-state index contributed by atoms with van der Waals surface area (Å²) in [4.78, 5) is 29.2. The summed E-state index contributed by atoms with van der Waals surface area (Å²) in [5, 5.41) is 17.4. The number of hydrogen-bond donors (Lipinski definition) is 4. The van der Waals surface area contributed by atoms with Crippen LogP contribution in [0, 0.1) is 17.7 Å². The zero-order valence-corrected chi connectivity index (χ0v) is 26.2. The summed E-state index contributed by atoms with van der Waals surface area (Å²) in [5.41, 5.74) is 0.200. The molecule has 2 aromatic rings. The molecule has 10 nitrogen and oxygen atoms in total. The fourth-order valence-electron chi connectivity index (χ4n) is 7.89. The van der Waals surface area contributed by atoms with E-state index in [2.05, 4.69) is 15.5 Å². The van der Waals surface area contributed by atoms with Crippen LogP contribution in [0.2, 0.25) is 0 Å². The van der Waals surface area contributed by atoms with Crippen molar-refractivity contribution in [3.63, 3.8) is 0 Å². The van der Waals surface area contributed by atoms with Gasteiger partial charge in [0.15, 0.2) is 10.7 Å². The Morgan fingerprint density at radius 3 is 2.41 bits per heavy atom. The molecule has 2 heterocycles. The van der Waals surface area contributed by atoms with Crippen molar-refractivity contribution in [2.45, 2.75) is 61.0 Å². The quantitative estimate of drug-likeness (QED) is 0.295. The third-order valence-corrected chi connectivity index (χ3v) is 10.6. The van der Waals surface area contributed by atoms with Crippen LogP contribution >= 0.6 is 0 Å². The van der Waals surface area contributed by atoms with E-state index in [0.717, 1.165) is 56.4 Å². The fraction of sp³-hybridized carbons (Fsp3) is 0.562. The van der Waals surface area contributed by atoms with E-state index in [0.29, 0.717) is 26.2 Å². The molecular formula is C32H43FN4O6S. The summed E-state index contributed by atoms with van der Waals surface area (Å²) in [6, 6.07) is 13.2. The number of nitrogens with zero attached hydrogens (tertiary/aromatic N) is 2. The second-order valence-electron chi connectivity index (χ2n) is 12.6. The van der Waals surface area contributed by atoms with E-state index in [1.165, 1.54) is 20.1 Å². The second-order valence-corrected chi connectivity index (χ2v) is 13.7. The van der Waals surface area contributed by atoms with Crippen LogP contribution in [0.3, 0.4) is 0 Å². The Hall–Kier alpha value is -3.22. The Kier molecular flexibility index (Phi) is 9.81. The van der Waals surface area contributed by atoms with Crippen LogP contribution in [0.4, 0.5) is 14.9 Å². The minimum atomic E-state index is -2.63. The van der Waals surface area contributed by atoms with Gasteiger partial charge in [0, 0.05) is 50.2 Å². The van der Waals surface area contributed by atoms with Gasteiger partial charge in [-0.2, -0.15) is 0 Å². The molecule has 0 unspecified atom stereocenters. The van der Waals surface area contributed by atoms with Crippen LogP contribution in [0.1, 0.15) is 44.6 Å². The number of alkyl carbamates (subject to hydrolysis) is 1. The summed E-state index contributed by atoms with van der Waals surface area (Å²) >= 11 is 0. The SMILES string of the molecule is COC(=O)N[C@H]1CCC[C@@H]1[C@](CNC(C)=O)(c1cccc(F)c1)C1CCN(CC2(O)CN(c3ccc([SH](=O)=O)cc3)C2)CC1. The monoisotopic (exact) mass is 630 g/mol. The van der Waals surface area contributed by atoms with Gasteiger partial charge in [-0.3, -0.25) is 4.79 Å². The van der Waals surface area contributed by atoms with Crippen molar-refractivity contribution in [3.05, 3.63) is 59.9 Å². The number of benzene rings is 2. The predicted octanol–water partition coefficient (Wildman–Crippen LogP) is 2.66. The maximum atomic E-state index is 14.8. The number of β-amino-alcohol motifs (C(OH)–C–C–N with tert-alkyl or cyclic N) is 1. The van der Waals surface area contributed by atoms with Crippen molar-refractivity contribution in [2.75, 3.05) is 51.3 Å². The Labute approximate surface area is 259 Å². The number of methoxy groups -OCH3 is 1. The van der Waals surface area contributed by atoms with Crippen LogP contribution in [0.25, 0.3) is 0 Å². The highest BCUT2D eigenvalue weighted by Crippen LogP contribution is 2.50. The van der Waals surface area contributed by atoms with Crippen molar-refractivity contribution in [1.82, 2.24) is 15.5 Å². The third kappa shape index (κ3) is 6.87. The van der Waals surface area contributed by atoms with Crippen LogP contribution < -0.4 is 15.5 Å². The molecule has 2 saturated heterocycles. The molecule has 5 rings (SSSR count). The molecule has 240 valence electrons. The van der Waals surface area contributed by atoms with Crippen molar-refractivity contribution in [1.29, 1.82) is 0 Å². The van der Waals surface area contributed by atoms with Gasteiger partial charge >= 0.3 is 6.09 Å². The smallest absolute Gasteiger partial charge is 0.407 e. The first-order valence-corrected chi connectivity index (χ1v) is 16.5. The van der Waals surface area contributed by atoms with E-state index in [1.54, 1.807) is 36.4 Å². The van der Waals surface area contributed by atoms with Gasteiger partial charge in [-0.05, 0) is 92.6 Å². The lowest BCUT2D eigenvalue weighted by Crippen LogP contribution is -2.67. The minimum absolute atomic E-state index is 0.0395. The number of piperidine rings is 1. The van der Waals surface area contributed by atoms with Gasteiger partial charge in [0.05, 0.1) is 12.0 Å². The molecule has 3 fully saturated rings. The number of halogens is 1. The number of aliphatic hydroxyl groups is 1. The first-order chi connectivity index (χ1) is 21.0. The number of carbonyl (C=O) groups is 2. The average molecular weight is 631 g/mol. The van der Waals surface area contributed by atoms with Crippen LogP contribution in [-0.2, 0) is 25.7 Å². The number of hydrogen-bond acceptors (Lipinski definition) is 8. The van der Waals surface area contributed by atoms with Crippen molar-refractivity contribution in [2.24, 2.45) is 11.8 Å². The number of anilines is 1. The Morgan fingerprint density at radius 1 is 1.09 bits per heavy atom. The highest BCUT2D eigenvalue weighted by Gasteiger charge is 2.52. The van der Waals surface area contributed by atoms with Gasteiger partial charge in [-0.1, -0.05) is 18.6 Å². The molecule has 44 heavy (non-hydrogen) atoms. The molecule has 2 amide bonds. The summed E-state index contributed by atoms with van der Waals surface area (Å²) in [6.07, 6.45) is 3.57. The number of thiol groups is 1. The Balaban J connectivity index is 1.32. The van der Waals surface area contributed by atoms with Crippen molar-refractivity contribution >= 4 is 28.4 Å². The summed E-state index contributed by atoms with van der Waals surface area (Å²) in [7, 11) is -1.28. The maximum Gasteiger partial charge on any atom is 0.407 e. The number of ether oxygens (including phenoxy) is 1. The zero-order valence-electron chi connectivity index (χ0n) is 25.3. The summed E-state index contributed by atoms with van der Waals surface area (Å²) in [6.45, 7) is 4.70. The van der Waals surface area contributed by atoms with Crippen LogP contribution in [-0.4, -0.2) is 88.4 Å². The summed E-state index contributed by atoms with van der Waals surface area (Å²) in [5.74, 6) is -0.443. The molecule has 3 aliphatic rings. The van der Waals surface area contributed by atoms with Gasteiger partial charge in [-0.25, -0.2) is 17.6 Å². The molecule has 12 heteroatoms. The molecule has 1 aliphatic carbocycles. The lowest BCUT2D eigenvalue weighted by molar-refractivity contribution is -0.119. The highest BCUT2D eigenvalue weighted by atomic mass is 32.2. The van der Waals surface area contributed by atoms with Gasteiger partial charge in [0.25, 0.3) is 0 Å². The largest absolute Gasteiger partial charge is 0.453 e. The van der Waals surface area contributed by atoms with E-state index >= 15 is 0 Å². The van der Waals surface area contributed by atoms with Crippen molar-refractivity contribution < 1.29 is 32.2 Å². The first kappa shape index (κ1) is 32.2. The highest BCUT2D eigenvalue weighted by molar-refractivity contribution is 7.72. The van der Waals surface area contributed by atoms with E-state index in [-0.39, 0.29) is 34.5 Å². The molecule has 3 atom stereocenters. The molecule has 2 aliphatic heterocycles. The molecule has 0 radical (unpaired) electrons. The molecular weight excluding hydrogens is 587 g/mol. The molecule has 3 N–H and O–H groups in total.